The molecule has 0 aliphatic carbocycles. The molecule has 2 aromatic heterocycles. The lowest BCUT2D eigenvalue weighted by Gasteiger charge is -2.18. The Morgan fingerprint density at radius 1 is 1.52 bits per heavy atom. The first-order valence-electron chi connectivity index (χ1n) is 6.90. The first-order valence-corrected chi connectivity index (χ1v) is 7.78. The van der Waals surface area contributed by atoms with E-state index in [2.05, 4.69) is 10.4 Å². The molecule has 0 aliphatic heterocycles. The second kappa shape index (κ2) is 7.92. The maximum Gasteiger partial charge on any atom is 0.239 e. The number of amides is 1. The van der Waals surface area contributed by atoms with E-state index in [4.69, 9.17) is 5.11 Å². The van der Waals surface area contributed by atoms with Crippen LogP contribution in [0.3, 0.4) is 0 Å². The van der Waals surface area contributed by atoms with Gasteiger partial charge in [-0.2, -0.15) is 5.10 Å². The summed E-state index contributed by atoms with van der Waals surface area (Å²) < 4.78 is 1.77. The standard InChI is InChI=1S/C14H20N4O2S/c1-2-17(7-8-19)11-14(20)16-13-5-6-15-18(13)10-12-4-3-9-21-12/h3-6,9,19H,2,7-8,10-11H2,1H3,(H,16,20). The average molecular weight is 308 g/mol. The number of hydrogen-bond acceptors (Lipinski definition) is 5. The lowest BCUT2D eigenvalue weighted by atomic mass is 10.4. The highest BCUT2D eigenvalue weighted by Crippen LogP contribution is 2.14. The van der Waals surface area contributed by atoms with E-state index in [1.54, 1.807) is 28.3 Å². The lowest BCUT2D eigenvalue weighted by Crippen LogP contribution is -2.35. The third-order valence-electron chi connectivity index (χ3n) is 3.10. The van der Waals surface area contributed by atoms with Gasteiger partial charge in [0, 0.05) is 17.5 Å². The highest BCUT2D eigenvalue weighted by atomic mass is 32.1. The molecule has 2 heterocycles. The van der Waals surface area contributed by atoms with Gasteiger partial charge in [0.1, 0.15) is 5.82 Å². The predicted molar refractivity (Wildman–Crippen MR) is 83.5 cm³/mol. The Balaban J connectivity index is 1.93. The first-order chi connectivity index (χ1) is 10.2. The largest absolute Gasteiger partial charge is 0.395 e. The van der Waals surface area contributed by atoms with Crippen molar-refractivity contribution in [1.82, 2.24) is 14.7 Å². The molecule has 114 valence electrons. The van der Waals surface area contributed by atoms with Gasteiger partial charge in [0.05, 0.1) is 25.9 Å². The normalized spacial score (nSPS) is 11.0. The zero-order valence-corrected chi connectivity index (χ0v) is 12.8. The van der Waals surface area contributed by atoms with Crippen molar-refractivity contribution in [2.45, 2.75) is 13.5 Å². The lowest BCUT2D eigenvalue weighted by molar-refractivity contribution is -0.117. The van der Waals surface area contributed by atoms with Crippen molar-refractivity contribution in [2.24, 2.45) is 0 Å². The first kappa shape index (κ1) is 15.7. The quantitative estimate of drug-likeness (QED) is 0.770. The van der Waals surface area contributed by atoms with Gasteiger partial charge in [-0.1, -0.05) is 13.0 Å². The summed E-state index contributed by atoms with van der Waals surface area (Å²) in [6, 6.07) is 5.82. The summed E-state index contributed by atoms with van der Waals surface area (Å²) in [6.07, 6.45) is 1.68. The van der Waals surface area contributed by atoms with E-state index >= 15 is 0 Å². The Hall–Kier alpha value is -1.70. The van der Waals surface area contributed by atoms with Gasteiger partial charge in [-0.3, -0.25) is 9.69 Å². The highest BCUT2D eigenvalue weighted by Gasteiger charge is 2.11. The fourth-order valence-electron chi connectivity index (χ4n) is 1.99. The van der Waals surface area contributed by atoms with Crippen molar-refractivity contribution in [2.75, 3.05) is 31.6 Å². The second-order valence-corrected chi connectivity index (χ2v) is 5.63. The van der Waals surface area contributed by atoms with Crippen molar-refractivity contribution in [3.8, 4) is 0 Å². The van der Waals surface area contributed by atoms with Crippen LogP contribution in [-0.2, 0) is 11.3 Å². The Morgan fingerprint density at radius 2 is 2.38 bits per heavy atom. The molecule has 0 saturated heterocycles. The van der Waals surface area contributed by atoms with Crippen LogP contribution in [0.25, 0.3) is 0 Å². The van der Waals surface area contributed by atoms with Gasteiger partial charge in [0.25, 0.3) is 0 Å². The van der Waals surface area contributed by atoms with Crippen LogP contribution in [-0.4, -0.2) is 51.9 Å². The van der Waals surface area contributed by atoms with Crippen molar-refractivity contribution < 1.29 is 9.90 Å². The van der Waals surface area contributed by atoms with E-state index in [1.165, 1.54) is 4.88 Å². The summed E-state index contributed by atoms with van der Waals surface area (Å²) in [5.41, 5.74) is 0. The van der Waals surface area contributed by atoms with Crippen LogP contribution in [0.2, 0.25) is 0 Å². The van der Waals surface area contributed by atoms with Crippen molar-refractivity contribution >= 4 is 23.1 Å². The number of anilines is 1. The molecule has 6 nitrogen and oxygen atoms in total. The molecule has 0 fully saturated rings. The Morgan fingerprint density at radius 3 is 3.05 bits per heavy atom. The van der Waals surface area contributed by atoms with E-state index < -0.39 is 0 Å². The van der Waals surface area contributed by atoms with Crippen molar-refractivity contribution in [3.05, 3.63) is 34.7 Å². The molecule has 2 aromatic rings. The molecule has 0 saturated carbocycles. The minimum absolute atomic E-state index is 0.0530. The van der Waals surface area contributed by atoms with Crippen LogP contribution in [0.1, 0.15) is 11.8 Å². The number of nitrogens with zero attached hydrogens (tertiary/aromatic N) is 3. The summed E-state index contributed by atoms with van der Waals surface area (Å²) in [5, 5.41) is 18.1. The molecule has 7 heteroatoms. The molecule has 0 spiro atoms. The number of aliphatic hydroxyl groups excluding tert-OH is 1. The number of rotatable bonds is 8. The van der Waals surface area contributed by atoms with Crippen LogP contribution < -0.4 is 5.32 Å². The zero-order valence-electron chi connectivity index (χ0n) is 12.0. The molecule has 0 bridgehead atoms. The third kappa shape index (κ3) is 4.66. The van der Waals surface area contributed by atoms with Crippen LogP contribution in [0.15, 0.2) is 29.8 Å². The number of nitrogens with one attached hydrogen (secondary N) is 1. The fraction of sp³-hybridized carbons (Fsp3) is 0.429. The highest BCUT2D eigenvalue weighted by molar-refractivity contribution is 7.09. The van der Waals surface area contributed by atoms with Crippen LogP contribution in [0.5, 0.6) is 0 Å². The van der Waals surface area contributed by atoms with Crippen LogP contribution >= 0.6 is 11.3 Å². The van der Waals surface area contributed by atoms with Gasteiger partial charge in [0.15, 0.2) is 0 Å². The number of carbonyl (C=O) groups excluding carboxylic acids is 1. The van der Waals surface area contributed by atoms with E-state index in [0.717, 1.165) is 6.54 Å². The summed E-state index contributed by atoms with van der Waals surface area (Å²) in [5.74, 6) is 0.590. The second-order valence-electron chi connectivity index (χ2n) is 4.59. The van der Waals surface area contributed by atoms with Gasteiger partial charge >= 0.3 is 0 Å². The predicted octanol–water partition coefficient (Wildman–Crippen LogP) is 1.25. The Kier molecular flexibility index (Phi) is 5.91. The van der Waals surface area contributed by atoms with Gasteiger partial charge in [-0.25, -0.2) is 4.68 Å². The number of aromatic nitrogens is 2. The van der Waals surface area contributed by atoms with Gasteiger partial charge in [-0.05, 0) is 18.0 Å². The monoisotopic (exact) mass is 308 g/mol. The maximum absolute atomic E-state index is 12.0. The number of likely N-dealkylation sites (N-methyl/N-ethyl adjacent to an activating group) is 1. The van der Waals surface area contributed by atoms with E-state index in [9.17, 15) is 4.79 Å². The van der Waals surface area contributed by atoms with Crippen LogP contribution in [0, 0.1) is 0 Å². The third-order valence-corrected chi connectivity index (χ3v) is 3.96. The number of carbonyl (C=O) groups is 1. The summed E-state index contributed by atoms with van der Waals surface area (Å²) >= 11 is 1.66. The average Bonchev–Trinajstić information content (AvgIpc) is 3.11. The summed E-state index contributed by atoms with van der Waals surface area (Å²) in [6.45, 7) is 4.15. The van der Waals surface area contributed by atoms with E-state index in [-0.39, 0.29) is 19.1 Å². The molecular formula is C14H20N4O2S. The zero-order chi connectivity index (χ0) is 15.1. The number of thiophene rings is 1. The molecule has 21 heavy (non-hydrogen) atoms. The van der Waals surface area contributed by atoms with Gasteiger partial charge in [0.2, 0.25) is 5.91 Å². The van der Waals surface area contributed by atoms with Crippen molar-refractivity contribution in [1.29, 1.82) is 0 Å². The molecule has 0 atom stereocenters. The Labute approximate surface area is 128 Å². The van der Waals surface area contributed by atoms with Gasteiger partial charge in [-0.15, -0.1) is 11.3 Å². The molecule has 0 unspecified atom stereocenters. The number of hydrogen-bond donors (Lipinski definition) is 2. The molecule has 0 aromatic carbocycles. The topological polar surface area (TPSA) is 70.4 Å². The van der Waals surface area contributed by atoms with E-state index in [1.807, 2.05) is 29.3 Å². The maximum atomic E-state index is 12.0. The van der Waals surface area contributed by atoms with Crippen molar-refractivity contribution in [3.63, 3.8) is 0 Å². The minimum atomic E-state index is -0.0989. The molecule has 2 rings (SSSR count). The minimum Gasteiger partial charge on any atom is -0.395 e. The molecule has 1 amide bonds. The SMILES string of the molecule is CCN(CCO)CC(=O)Nc1ccnn1Cc1cccs1. The van der Waals surface area contributed by atoms with Crippen LogP contribution in [0.4, 0.5) is 5.82 Å². The Bertz CT molecular complexity index is 553. The number of aliphatic hydroxyl groups is 1. The molecule has 0 radical (unpaired) electrons. The fourth-order valence-corrected chi connectivity index (χ4v) is 2.68. The molecule has 0 aliphatic rings. The summed E-state index contributed by atoms with van der Waals surface area (Å²) in [4.78, 5) is 15.1. The smallest absolute Gasteiger partial charge is 0.239 e. The molecular weight excluding hydrogens is 288 g/mol. The van der Waals surface area contributed by atoms with E-state index in [0.29, 0.717) is 18.9 Å². The van der Waals surface area contributed by atoms with Gasteiger partial charge < -0.3 is 10.4 Å². The summed E-state index contributed by atoms with van der Waals surface area (Å²) in [7, 11) is 0. The molecule has 2 N–H and O–H groups in total.